The van der Waals surface area contributed by atoms with E-state index in [4.69, 9.17) is 11.6 Å². The molecule has 0 radical (unpaired) electrons. The van der Waals surface area contributed by atoms with Gasteiger partial charge in [-0.1, -0.05) is 16.1 Å². The third-order valence-electron chi connectivity index (χ3n) is 2.45. The number of nitrogens with zero attached hydrogens (tertiary/aromatic N) is 4. The summed E-state index contributed by atoms with van der Waals surface area (Å²) in [4.78, 5) is 1.06. The molecule has 0 amide bonds. The van der Waals surface area contributed by atoms with Crippen molar-refractivity contribution < 1.29 is 0 Å². The number of aryl methyl sites for hydroxylation is 2. The van der Waals surface area contributed by atoms with Crippen LogP contribution in [0.4, 0.5) is 0 Å². The first kappa shape index (κ1) is 11.5. The van der Waals surface area contributed by atoms with E-state index in [9.17, 15) is 0 Å². The summed E-state index contributed by atoms with van der Waals surface area (Å²) in [5.41, 5.74) is 1.85. The van der Waals surface area contributed by atoms with Gasteiger partial charge in [-0.3, -0.25) is 4.68 Å². The van der Waals surface area contributed by atoms with Crippen LogP contribution in [0.5, 0.6) is 0 Å². The van der Waals surface area contributed by atoms with Crippen LogP contribution in [0, 0.1) is 6.92 Å². The molecule has 2 aromatic heterocycles. The molecular weight excluding hydrogens is 246 g/mol. The van der Waals surface area contributed by atoms with E-state index >= 15 is 0 Å². The Balaban J connectivity index is 2.49. The number of hydrogen-bond acceptors (Lipinski definition) is 5. The van der Waals surface area contributed by atoms with Gasteiger partial charge >= 0.3 is 0 Å². The van der Waals surface area contributed by atoms with Gasteiger partial charge in [0.15, 0.2) is 0 Å². The minimum absolute atomic E-state index is 0.0139. The van der Waals surface area contributed by atoms with E-state index in [1.54, 1.807) is 10.9 Å². The summed E-state index contributed by atoms with van der Waals surface area (Å²) in [6.07, 6.45) is 1.64. The number of nitrogens with one attached hydrogen (secondary N) is 1. The highest BCUT2D eigenvalue weighted by Crippen LogP contribution is 2.30. The minimum Gasteiger partial charge on any atom is -0.307 e. The fourth-order valence-corrected chi connectivity index (χ4v) is 2.67. The molecule has 0 aliphatic carbocycles. The van der Waals surface area contributed by atoms with E-state index in [1.165, 1.54) is 11.5 Å². The van der Waals surface area contributed by atoms with Gasteiger partial charge in [0, 0.05) is 7.05 Å². The van der Waals surface area contributed by atoms with Crippen molar-refractivity contribution in [1.82, 2.24) is 24.7 Å². The fourth-order valence-electron chi connectivity index (χ4n) is 1.64. The molecule has 0 saturated heterocycles. The van der Waals surface area contributed by atoms with E-state index in [0.29, 0.717) is 5.02 Å². The van der Waals surface area contributed by atoms with Crippen molar-refractivity contribution in [2.24, 2.45) is 7.05 Å². The summed E-state index contributed by atoms with van der Waals surface area (Å²) < 4.78 is 5.71. The van der Waals surface area contributed by atoms with E-state index in [-0.39, 0.29) is 6.04 Å². The van der Waals surface area contributed by atoms with E-state index in [1.807, 2.05) is 21.0 Å². The van der Waals surface area contributed by atoms with Crippen molar-refractivity contribution in [3.05, 3.63) is 27.5 Å². The molecule has 5 nitrogen and oxygen atoms in total. The van der Waals surface area contributed by atoms with Crippen LogP contribution in [-0.4, -0.2) is 26.4 Å². The Hall–Kier alpha value is -0.980. The SMILES string of the molecule is CNC(c1snnc1C)c1c(Cl)cnn1C. The van der Waals surface area contributed by atoms with Crippen LogP contribution in [0.25, 0.3) is 0 Å². The van der Waals surface area contributed by atoms with Gasteiger partial charge in [-0.15, -0.1) is 5.10 Å². The molecule has 2 aromatic rings. The lowest BCUT2D eigenvalue weighted by Crippen LogP contribution is -2.20. The first-order chi connectivity index (χ1) is 7.65. The molecule has 7 heteroatoms. The standard InChI is InChI=1S/C9H12ClN5S/c1-5-9(16-14-13-5)7(11-2)8-6(10)4-12-15(8)3/h4,7,11H,1-3H3. The first-order valence-electron chi connectivity index (χ1n) is 4.78. The van der Waals surface area contributed by atoms with Gasteiger partial charge in [0.25, 0.3) is 0 Å². The maximum atomic E-state index is 6.13. The quantitative estimate of drug-likeness (QED) is 0.906. The zero-order chi connectivity index (χ0) is 11.7. The highest BCUT2D eigenvalue weighted by molar-refractivity contribution is 7.05. The van der Waals surface area contributed by atoms with Crippen molar-refractivity contribution in [3.63, 3.8) is 0 Å². The van der Waals surface area contributed by atoms with Crippen LogP contribution in [0.15, 0.2) is 6.20 Å². The third kappa shape index (κ3) is 1.83. The average Bonchev–Trinajstić information content (AvgIpc) is 2.80. The highest BCUT2D eigenvalue weighted by Gasteiger charge is 2.23. The monoisotopic (exact) mass is 257 g/mol. The number of hydrogen-bond donors (Lipinski definition) is 1. The highest BCUT2D eigenvalue weighted by atomic mass is 35.5. The number of aromatic nitrogens is 4. The minimum atomic E-state index is -0.0139. The molecule has 0 spiro atoms. The second-order valence-electron chi connectivity index (χ2n) is 3.45. The van der Waals surface area contributed by atoms with Gasteiger partial charge < -0.3 is 5.32 Å². The van der Waals surface area contributed by atoms with E-state index < -0.39 is 0 Å². The fraction of sp³-hybridized carbons (Fsp3) is 0.444. The molecule has 0 aliphatic rings. The molecule has 2 heterocycles. The van der Waals surface area contributed by atoms with Crippen LogP contribution in [0.1, 0.15) is 22.3 Å². The number of halogens is 1. The van der Waals surface area contributed by atoms with Gasteiger partial charge in [-0.25, -0.2) is 0 Å². The average molecular weight is 258 g/mol. The second kappa shape index (κ2) is 4.48. The summed E-state index contributed by atoms with van der Waals surface area (Å²) >= 11 is 7.50. The molecule has 0 aliphatic heterocycles. The molecule has 0 bridgehead atoms. The Labute approximate surface area is 103 Å². The molecule has 0 aromatic carbocycles. The van der Waals surface area contributed by atoms with Crippen LogP contribution in [0.2, 0.25) is 5.02 Å². The van der Waals surface area contributed by atoms with Gasteiger partial charge in [-0.05, 0) is 25.5 Å². The summed E-state index contributed by atoms with van der Waals surface area (Å²) in [5.74, 6) is 0. The maximum absolute atomic E-state index is 6.13. The molecule has 86 valence electrons. The summed E-state index contributed by atoms with van der Waals surface area (Å²) in [6.45, 7) is 1.94. The van der Waals surface area contributed by atoms with E-state index in [0.717, 1.165) is 16.3 Å². The largest absolute Gasteiger partial charge is 0.307 e. The molecule has 2 rings (SSSR count). The van der Waals surface area contributed by atoms with Crippen molar-refractivity contribution >= 4 is 23.1 Å². The molecule has 0 fully saturated rings. The van der Waals surface area contributed by atoms with Crippen molar-refractivity contribution in [1.29, 1.82) is 0 Å². The third-order valence-corrected chi connectivity index (χ3v) is 3.63. The smallest absolute Gasteiger partial charge is 0.0889 e. The van der Waals surface area contributed by atoms with Crippen molar-refractivity contribution in [2.45, 2.75) is 13.0 Å². The van der Waals surface area contributed by atoms with Crippen molar-refractivity contribution in [2.75, 3.05) is 7.05 Å². The summed E-state index contributed by atoms with van der Waals surface area (Å²) in [5, 5.41) is 12.0. The summed E-state index contributed by atoms with van der Waals surface area (Å²) in [7, 11) is 3.75. The lowest BCUT2D eigenvalue weighted by Gasteiger charge is -2.15. The summed E-state index contributed by atoms with van der Waals surface area (Å²) in [6, 6.07) is -0.0139. The molecule has 0 saturated carbocycles. The Morgan fingerprint density at radius 2 is 2.31 bits per heavy atom. The number of rotatable bonds is 3. The molecule has 1 N–H and O–H groups in total. The Morgan fingerprint density at radius 1 is 1.56 bits per heavy atom. The Bertz CT molecular complexity index is 472. The second-order valence-corrected chi connectivity index (χ2v) is 4.64. The molecular formula is C9H12ClN5S. The zero-order valence-electron chi connectivity index (χ0n) is 9.23. The van der Waals surface area contributed by atoms with Crippen molar-refractivity contribution in [3.8, 4) is 0 Å². The molecule has 16 heavy (non-hydrogen) atoms. The topological polar surface area (TPSA) is 55.6 Å². The first-order valence-corrected chi connectivity index (χ1v) is 5.93. The van der Waals surface area contributed by atoms with Crippen LogP contribution in [-0.2, 0) is 7.05 Å². The Kier molecular flexibility index (Phi) is 3.22. The lowest BCUT2D eigenvalue weighted by atomic mass is 10.1. The lowest BCUT2D eigenvalue weighted by molar-refractivity contribution is 0.610. The molecule has 1 unspecified atom stereocenters. The van der Waals surface area contributed by atoms with Crippen LogP contribution >= 0.6 is 23.1 Å². The van der Waals surface area contributed by atoms with E-state index in [2.05, 4.69) is 20.0 Å². The Morgan fingerprint density at radius 3 is 2.75 bits per heavy atom. The van der Waals surface area contributed by atoms with Crippen LogP contribution < -0.4 is 5.32 Å². The normalized spacial score (nSPS) is 13.0. The zero-order valence-corrected chi connectivity index (χ0v) is 10.8. The molecule has 1 atom stereocenters. The predicted molar refractivity (Wildman–Crippen MR) is 63.8 cm³/mol. The van der Waals surface area contributed by atoms with Gasteiger partial charge in [0.1, 0.15) is 0 Å². The van der Waals surface area contributed by atoms with Gasteiger partial charge in [0.2, 0.25) is 0 Å². The predicted octanol–water partition coefficient (Wildman–Crippen LogP) is 1.54. The maximum Gasteiger partial charge on any atom is 0.0889 e. The van der Waals surface area contributed by atoms with Gasteiger partial charge in [-0.2, -0.15) is 5.10 Å². The van der Waals surface area contributed by atoms with Crippen LogP contribution in [0.3, 0.4) is 0 Å². The van der Waals surface area contributed by atoms with Gasteiger partial charge in [0.05, 0.1) is 33.5 Å².